The summed E-state index contributed by atoms with van der Waals surface area (Å²) in [4.78, 5) is 0.366. The molecule has 0 aliphatic heterocycles. The lowest BCUT2D eigenvalue weighted by Crippen LogP contribution is -2.03. The third kappa shape index (κ3) is 1.85. The van der Waals surface area contributed by atoms with Crippen molar-refractivity contribution in [2.45, 2.75) is 18.7 Å². The fourth-order valence-corrected chi connectivity index (χ4v) is 1.86. The van der Waals surface area contributed by atoms with Gasteiger partial charge in [0.1, 0.15) is 0 Å². The molecule has 0 aliphatic carbocycles. The highest BCUT2D eigenvalue weighted by atomic mass is 32.2. The number of aryl methyl sites for hydroxylation is 1. The molecule has 2 nitrogen and oxygen atoms in total. The average Bonchev–Trinajstić information content (AvgIpc) is 2.05. The molecule has 65 valence electrons. The molecule has 0 bridgehead atoms. The Kier molecular flexibility index (Phi) is 2.52. The van der Waals surface area contributed by atoms with Gasteiger partial charge in [-0.3, -0.25) is 0 Å². The molecule has 0 saturated carbocycles. The van der Waals surface area contributed by atoms with Gasteiger partial charge in [0, 0.05) is 0 Å². The van der Waals surface area contributed by atoms with E-state index >= 15 is 0 Å². The molecule has 1 radical (unpaired) electrons. The molecule has 0 unspecified atom stereocenters. The van der Waals surface area contributed by atoms with Crippen LogP contribution in [0.2, 0.25) is 0 Å². The van der Waals surface area contributed by atoms with Crippen molar-refractivity contribution in [2.24, 2.45) is 0 Å². The Labute approximate surface area is 73.2 Å². The number of sulfone groups is 1. The van der Waals surface area contributed by atoms with Gasteiger partial charge in [-0.25, -0.2) is 8.42 Å². The smallest absolute Gasteiger partial charge is 0.178 e. The van der Waals surface area contributed by atoms with Crippen LogP contribution < -0.4 is 0 Å². The molecule has 1 aromatic carbocycles. The summed E-state index contributed by atoms with van der Waals surface area (Å²) in [6.07, 6.45) is 0. The molecular weight excluding hydrogens is 172 g/mol. The highest BCUT2D eigenvalue weighted by Crippen LogP contribution is 2.11. The van der Waals surface area contributed by atoms with Gasteiger partial charge in [0.15, 0.2) is 9.84 Å². The van der Waals surface area contributed by atoms with Crippen molar-refractivity contribution >= 4 is 9.84 Å². The van der Waals surface area contributed by atoms with E-state index in [0.29, 0.717) is 4.90 Å². The van der Waals surface area contributed by atoms with Gasteiger partial charge in [-0.15, -0.1) is 0 Å². The Morgan fingerprint density at radius 2 is 2.08 bits per heavy atom. The Hall–Kier alpha value is -0.830. The lowest BCUT2D eigenvalue weighted by atomic mass is 10.2. The van der Waals surface area contributed by atoms with Gasteiger partial charge in [-0.05, 0) is 30.7 Å². The molecule has 0 heterocycles. The first-order valence-corrected chi connectivity index (χ1v) is 5.42. The van der Waals surface area contributed by atoms with Crippen molar-refractivity contribution in [3.63, 3.8) is 0 Å². The first-order chi connectivity index (χ1) is 5.56. The van der Waals surface area contributed by atoms with Crippen molar-refractivity contribution in [3.8, 4) is 0 Å². The molecule has 0 aromatic heterocycles. The van der Waals surface area contributed by atoms with Gasteiger partial charge in [-0.1, -0.05) is 13.0 Å². The second-order valence-corrected chi connectivity index (χ2v) is 4.93. The van der Waals surface area contributed by atoms with Crippen LogP contribution in [0, 0.1) is 13.0 Å². The number of rotatable bonds is 2. The first kappa shape index (κ1) is 9.26. The molecule has 1 aromatic rings. The van der Waals surface area contributed by atoms with Crippen LogP contribution in [0.4, 0.5) is 0 Å². The van der Waals surface area contributed by atoms with Crippen LogP contribution in [-0.4, -0.2) is 14.2 Å². The third-order valence-corrected chi connectivity index (χ3v) is 3.36. The maximum atomic E-state index is 11.3. The van der Waals surface area contributed by atoms with E-state index in [2.05, 4.69) is 6.07 Å². The van der Waals surface area contributed by atoms with Gasteiger partial charge >= 0.3 is 0 Å². The highest BCUT2D eigenvalue weighted by Gasteiger charge is 2.10. The maximum Gasteiger partial charge on any atom is 0.178 e. The molecule has 0 N–H and O–H groups in total. The molecule has 3 heteroatoms. The molecule has 0 amide bonds. The number of hydrogen-bond acceptors (Lipinski definition) is 2. The van der Waals surface area contributed by atoms with Crippen LogP contribution in [0.1, 0.15) is 12.5 Å². The van der Waals surface area contributed by atoms with Gasteiger partial charge in [0.25, 0.3) is 0 Å². The maximum absolute atomic E-state index is 11.3. The van der Waals surface area contributed by atoms with E-state index in [-0.39, 0.29) is 5.75 Å². The summed E-state index contributed by atoms with van der Waals surface area (Å²) in [7, 11) is -3.05. The van der Waals surface area contributed by atoms with E-state index in [1.165, 1.54) is 6.07 Å². The summed E-state index contributed by atoms with van der Waals surface area (Å²) in [6, 6.07) is 7.72. The second kappa shape index (κ2) is 3.27. The van der Waals surface area contributed by atoms with Crippen LogP contribution in [0.3, 0.4) is 0 Å². The zero-order chi connectivity index (χ0) is 9.19. The fraction of sp³-hybridized carbons (Fsp3) is 0.333. The first-order valence-electron chi connectivity index (χ1n) is 3.77. The second-order valence-electron chi connectivity index (χ2n) is 2.65. The molecule has 12 heavy (non-hydrogen) atoms. The summed E-state index contributed by atoms with van der Waals surface area (Å²) in [5.41, 5.74) is 0.921. The number of hydrogen-bond donors (Lipinski definition) is 0. The lowest BCUT2D eigenvalue weighted by molar-refractivity contribution is 0.597. The summed E-state index contributed by atoms with van der Waals surface area (Å²) in [5, 5.41) is 0. The molecular formula is C9H11O2S. The number of benzene rings is 1. The van der Waals surface area contributed by atoms with Gasteiger partial charge in [0.05, 0.1) is 10.6 Å². The zero-order valence-electron chi connectivity index (χ0n) is 7.16. The predicted molar refractivity (Wildman–Crippen MR) is 47.7 cm³/mol. The minimum atomic E-state index is -3.05. The van der Waals surface area contributed by atoms with Crippen LogP contribution in [0.25, 0.3) is 0 Å². The molecule has 0 fully saturated rings. The quantitative estimate of drug-likeness (QED) is 0.697. The Morgan fingerprint density at radius 3 is 2.58 bits per heavy atom. The summed E-state index contributed by atoms with van der Waals surface area (Å²) >= 11 is 0. The van der Waals surface area contributed by atoms with E-state index < -0.39 is 9.84 Å². The SMILES string of the molecule is CCS(=O)(=O)c1c[c]cc(C)c1. The minimum absolute atomic E-state index is 0.143. The molecule has 0 atom stereocenters. The van der Waals surface area contributed by atoms with Gasteiger partial charge in [0.2, 0.25) is 0 Å². The van der Waals surface area contributed by atoms with Crippen LogP contribution in [-0.2, 0) is 9.84 Å². The van der Waals surface area contributed by atoms with Crippen molar-refractivity contribution in [1.82, 2.24) is 0 Å². The van der Waals surface area contributed by atoms with Gasteiger partial charge < -0.3 is 0 Å². The lowest BCUT2D eigenvalue weighted by Gasteiger charge is -2.00. The van der Waals surface area contributed by atoms with Crippen LogP contribution in [0.5, 0.6) is 0 Å². The van der Waals surface area contributed by atoms with E-state index in [0.717, 1.165) is 5.56 Å². The van der Waals surface area contributed by atoms with E-state index in [4.69, 9.17) is 0 Å². The van der Waals surface area contributed by atoms with Crippen molar-refractivity contribution < 1.29 is 8.42 Å². The predicted octanol–water partition coefficient (Wildman–Crippen LogP) is 1.59. The van der Waals surface area contributed by atoms with Crippen LogP contribution in [0.15, 0.2) is 23.1 Å². The zero-order valence-corrected chi connectivity index (χ0v) is 7.98. The molecule has 1 rings (SSSR count). The fourth-order valence-electron chi connectivity index (χ4n) is 0.909. The van der Waals surface area contributed by atoms with Gasteiger partial charge in [-0.2, -0.15) is 0 Å². The summed E-state index contributed by atoms with van der Waals surface area (Å²) in [6.45, 7) is 3.49. The normalized spacial score (nSPS) is 11.5. The Balaban J connectivity index is 3.21. The van der Waals surface area contributed by atoms with E-state index in [1.54, 1.807) is 19.1 Å². The largest absolute Gasteiger partial charge is 0.224 e. The van der Waals surface area contributed by atoms with E-state index in [9.17, 15) is 8.42 Å². The monoisotopic (exact) mass is 183 g/mol. The van der Waals surface area contributed by atoms with Crippen molar-refractivity contribution in [2.75, 3.05) is 5.75 Å². The Bertz CT molecular complexity index is 366. The van der Waals surface area contributed by atoms with Crippen molar-refractivity contribution in [1.29, 1.82) is 0 Å². The Morgan fingerprint density at radius 1 is 1.42 bits per heavy atom. The van der Waals surface area contributed by atoms with Crippen LogP contribution >= 0.6 is 0 Å². The molecule has 0 aliphatic rings. The standard InChI is InChI=1S/C9H11O2S/c1-3-12(10,11)9-6-4-5-8(2)7-9/h5-7H,3H2,1-2H3. The highest BCUT2D eigenvalue weighted by molar-refractivity contribution is 7.91. The summed E-state index contributed by atoms with van der Waals surface area (Å²) in [5.74, 6) is 0.143. The topological polar surface area (TPSA) is 34.1 Å². The summed E-state index contributed by atoms with van der Waals surface area (Å²) < 4.78 is 22.7. The molecule has 0 saturated heterocycles. The molecule has 0 spiro atoms. The third-order valence-electron chi connectivity index (χ3n) is 1.65. The minimum Gasteiger partial charge on any atom is -0.224 e. The average molecular weight is 183 g/mol. The van der Waals surface area contributed by atoms with E-state index in [1.807, 2.05) is 6.92 Å². The van der Waals surface area contributed by atoms with Crippen molar-refractivity contribution in [3.05, 3.63) is 29.8 Å².